The van der Waals surface area contributed by atoms with E-state index in [0.29, 0.717) is 190 Å². The third kappa shape index (κ3) is 39.5. The van der Waals surface area contributed by atoms with E-state index in [9.17, 15) is 62.0 Å². The monoisotopic (exact) mass is 1290 g/mol. The van der Waals surface area contributed by atoms with Crippen molar-refractivity contribution in [2.75, 3.05) is 237 Å². The van der Waals surface area contributed by atoms with Gasteiger partial charge in [0.1, 0.15) is 18.4 Å². The van der Waals surface area contributed by atoms with E-state index in [2.05, 4.69) is 4.74 Å². The molecule has 0 amide bonds. The van der Waals surface area contributed by atoms with E-state index in [1.54, 1.807) is 43.9 Å². The summed E-state index contributed by atoms with van der Waals surface area (Å²) in [6.45, 7) is 10.2. The molecule has 1 saturated heterocycles. The number of nitrogens with zero attached hydrogens (tertiary/aromatic N) is 4. The van der Waals surface area contributed by atoms with Gasteiger partial charge in [0.15, 0.2) is 11.6 Å². The van der Waals surface area contributed by atoms with Crippen LogP contribution in [0.15, 0.2) is 30.3 Å². The lowest BCUT2D eigenvalue weighted by Crippen LogP contribution is -2.49. The summed E-state index contributed by atoms with van der Waals surface area (Å²) >= 11 is 0. The largest absolute Gasteiger partial charge is 0.491 e. The van der Waals surface area contributed by atoms with E-state index >= 15 is 0 Å². The van der Waals surface area contributed by atoms with Gasteiger partial charge in [0.2, 0.25) is 17.4 Å². The molecule has 1 fully saturated rings. The number of carbonyl (C=O) groups excluding carboxylic acids is 1. The Morgan fingerprint density at radius 1 is 0.404 bits per heavy atom. The minimum Gasteiger partial charge on any atom is -0.491 e. The Hall–Kier alpha value is -5.33. The number of rotatable bonds is 51. The number of hydrogen-bond donors (Lipinski definition) is 4. The molecular weight excluding hydrogens is 1200 g/mol. The molecule has 1 aliphatic heterocycles. The van der Waals surface area contributed by atoms with Crippen LogP contribution in [0.1, 0.15) is 24.8 Å². The molecule has 3 rings (SSSR count). The number of hydrogen-bond acceptors (Lipinski definition) is 23. The van der Waals surface area contributed by atoms with Crippen LogP contribution in [-0.4, -0.2) is 313 Å². The van der Waals surface area contributed by atoms with E-state index in [1.807, 2.05) is 0 Å². The standard InChI is InChI=1S/C58H90F4N4O23/c59-48-42-49(60)56(62)57(55(48)61)89-54(73)7-16-76-17-18-77-19-20-78-21-22-79-23-24-80-25-26-81-27-28-82-29-30-83-31-32-84-33-34-85-35-36-86-37-38-87-39-40-88-47-5-3-46(4-6-47)41-50(58(74)75)66-11-2-10-64(44-52(69)70)13-12-63(43-51(67)68)8-1-9-65(14-15-66)45-53(71)72/h3-6,42,50H,1-2,7-41,43-45H2,(H,67,68)(H,69,70)(H,71,72)(H,74,75). The van der Waals surface area contributed by atoms with Gasteiger partial charge in [-0.25, -0.2) is 8.78 Å². The first kappa shape index (κ1) is 77.9. The summed E-state index contributed by atoms with van der Waals surface area (Å²) in [4.78, 5) is 66.3. The van der Waals surface area contributed by atoms with Gasteiger partial charge in [-0.15, -0.1) is 0 Å². The molecule has 0 aliphatic carbocycles. The molecule has 2 aromatic rings. The average Bonchev–Trinajstić information content (AvgIpc) is 2.73. The Kier molecular flexibility index (Phi) is 44.1. The Balaban J connectivity index is 1.06. The van der Waals surface area contributed by atoms with Crippen molar-refractivity contribution in [3.05, 3.63) is 59.2 Å². The van der Waals surface area contributed by atoms with Crippen molar-refractivity contribution >= 4 is 29.8 Å². The minimum absolute atomic E-state index is 0.0103. The normalized spacial score (nSPS) is 14.8. The van der Waals surface area contributed by atoms with Crippen molar-refractivity contribution in [2.45, 2.75) is 31.7 Å². The summed E-state index contributed by atoms with van der Waals surface area (Å²) in [5, 5.41) is 39.0. The predicted molar refractivity (Wildman–Crippen MR) is 306 cm³/mol. The van der Waals surface area contributed by atoms with E-state index in [-0.39, 0.29) is 78.2 Å². The van der Waals surface area contributed by atoms with Gasteiger partial charge >= 0.3 is 29.8 Å². The fraction of sp³-hybridized carbons (Fsp3) is 0.707. The van der Waals surface area contributed by atoms with Gasteiger partial charge in [0.25, 0.3) is 0 Å². The lowest BCUT2D eigenvalue weighted by atomic mass is 10.0. The third-order valence-corrected chi connectivity index (χ3v) is 12.8. The van der Waals surface area contributed by atoms with Gasteiger partial charge in [-0.05, 0) is 37.0 Å². The maximum Gasteiger partial charge on any atom is 0.321 e. The number of esters is 1. The number of carbonyl (C=O) groups is 5. The predicted octanol–water partition coefficient (Wildman–Crippen LogP) is 2.07. The van der Waals surface area contributed by atoms with Crippen LogP contribution >= 0.6 is 0 Å². The quantitative estimate of drug-likeness (QED) is 0.0242. The maximum absolute atomic E-state index is 13.6. The molecule has 27 nitrogen and oxygen atoms in total. The van der Waals surface area contributed by atoms with E-state index in [4.69, 9.17) is 61.6 Å². The second-order valence-corrected chi connectivity index (χ2v) is 19.7. The molecule has 4 N–H and O–H groups in total. The summed E-state index contributed by atoms with van der Waals surface area (Å²) < 4.78 is 129. The summed E-state index contributed by atoms with van der Waals surface area (Å²) in [5.41, 5.74) is 0.752. The first-order valence-electron chi connectivity index (χ1n) is 29.6. The molecule has 0 radical (unpaired) electrons. The van der Waals surface area contributed by atoms with Crippen LogP contribution in [0.5, 0.6) is 11.5 Å². The zero-order chi connectivity index (χ0) is 64.5. The Bertz CT molecular complexity index is 2210. The molecule has 0 spiro atoms. The third-order valence-electron chi connectivity index (χ3n) is 12.8. The fourth-order valence-corrected chi connectivity index (χ4v) is 8.39. The number of aliphatic carboxylic acids is 4. The van der Waals surface area contributed by atoms with Crippen molar-refractivity contribution < 1.29 is 128 Å². The lowest BCUT2D eigenvalue weighted by molar-refractivity contribution is -0.144. The average molecular weight is 1290 g/mol. The Morgan fingerprint density at radius 2 is 0.719 bits per heavy atom. The zero-order valence-corrected chi connectivity index (χ0v) is 50.6. The molecule has 1 atom stereocenters. The number of halogens is 4. The highest BCUT2D eigenvalue weighted by molar-refractivity contribution is 5.74. The van der Waals surface area contributed by atoms with Crippen molar-refractivity contribution in [3.8, 4) is 11.5 Å². The minimum atomic E-state index is -1.81. The summed E-state index contributed by atoms with van der Waals surface area (Å²) in [5.74, 6) is -13.1. The van der Waals surface area contributed by atoms with E-state index < -0.39 is 71.3 Å². The van der Waals surface area contributed by atoms with Crippen LogP contribution in [-0.2, 0) is 87.2 Å². The molecule has 89 heavy (non-hydrogen) atoms. The number of ether oxygens (including phenoxy) is 14. The van der Waals surface area contributed by atoms with Crippen molar-refractivity contribution in [3.63, 3.8) is 0 Å². The van der Waals surface area contributed by atoms with Crippen molar-refractivity contribution in [1.82, 2.24) is 19.6 Å². The Labute approximate surface area is 516 Å². The van der Waals surface area contributed by atoms with Crippen LogP contribution in [0.4, 0.5) is 17.6 Å². The molecule has 1 heterocycles. The van der Waals surface area contributed by atoms with Gasteiger partial charge in [-0.2, -0.15) is 8.78 Å². The lowest BCUT2D eigenvalue weighted by Gasteiger charge is -2.33. The second kappa shape index (κ2) is 50.3. The summed E-state index contributed by atoms with van der Waals surface area (Å²) in [6, 6.07) is 6.17. The molecule has 0 aromatic heterocycles. The highest BCUT2D eigenvalue weighted by Gasteiger charge is 2.28. The highest BCUT2D eigenvalue weighted by Crippen LogP contribution is 2.27. The SMILES string of the molecule is O=C(O)CN1CCCN(CC(=O)O)CCN(C(Cc2ccc(OCCOCCOCCOCCOCCOCCOCCOCCOCCOCCOCCOCCOCCC(=O)Oc3c(F)c(F)cc(F)c3F)cc2)C(=O)O)CCCN(CC(=O)O)CC1. The molecule has 0 saturated carbocycles. The second-order valence-electron chi connectivity index (χ2n) is 19.7. The molecule has 1 aliphatic rings. The van der Waals surface area contributed by atoms with E-state index in [0.717, 1.165) is 5.56 Å². The molecule has 2 aromatic carbocycles. The van der Waals surface area contributed by atoms with Gasteiger partial charge in [0, 0.05) is 58.4 Å². The smallest absolute Gasteiger partial charge is 0.321 e. The van der Waals surface area contributed by atoms with Crippen LogP contribution in [0.3, 0.4) is 0 Å². The topological polar surface area (TPSA) is 308 Å². The van der Waals surface area contributed by atoms with Crippen LogP contribution in [0, 0.1) is 23.3 Å². The summed E-state index contributed by atoms with van der Waals surface area (Å²) in [6.07, 6.45) is 0.647. The number of benzene rings is 2. The van der Waals surface area contributed by atoms with Crippen molar-refractivity contribution in [2.24, 2.45) is 0 Å². The molecular formula is C58H90F4N4O23. The van der Waals surface area contributed by atoms with Crippen molar-refractivity contribution in [1.29, 1.82) is 0 Å². The maximum atomic E-state index is 13.6. The Morgan fingerprint density at radius 3 is 1.06 bits per heavy atom. The number of carboxylic acids is 4. The fourth-order valence-electron chi connectivity index (χ4n) is 8.39. The molecule has 0 bridgehead atoms. The molecule has 31 heteroatoms. The molecule has 1 unspecified atom stereocenters. The van der Waals surface area contributed by atoms with E-state index in [1.165, 1.54) is 0 Å². The van der Waals surface area contributed by atoms with Gasteiger partial charge in [0.05, 0.1) is 185 Å². The summed E-state index contributed by atoms with van der Waals surface area (Å²) in [7, 11) is 0. The van der Waals surface area contributed by atoms with Crippen LogP contribution in [0.2, 0.25) is 0 Å². The van der Waals surface area contributed by atoms with Crippen LogP contribution < -0.4 is 9.47 Å². The first-order valence-corrected chi connectivity index (χ1v) is 29.6. The highest BCUT2D eigenvalue weighted by atomic mass is 19.2. The number of carboxylic acid groups (broad SMARTS) is 4. The zero-order valence-electron chi connectivity index (χ0n) is 50.6. The van der Waals surface area contributed by atoms with Gasteiger partial charge in [-0.1, -0.05) is 12.1 Å². The van der Waals surface area contributed by atoms with Gasteiger partial charge < -0.3 is 86.7 Å². The first-order chi connectivity index (χ1) is 43.1. The van der Waals surface area contributed by atoms with Gasteiger partial charge in [-0.3, -0.25) is 43.6 Å². The molecule has 508 valence electrons. The van der Waals surface area contributed by atoms with Crippen LogP contribution in [0.25, 0.3) is 0 Å².